The number of ether oxygens (including phenoxy) is 2. The molecule has 18 heavy (non-hydrogen) atoms. The maximum Gasteiger partial charge on any atom is 0.341 e. The van der Waals surface area contributed by atoms with Gasteiger partial charge in [-0.15, -0.1) is 0 Å². The Morgan fingerprint density at radius 3 is 2.61 bits per heavy atom. The molecule has 0 aromatic carbocycles. The van der Waals surface area contributed by atoms with Crippen molar-refractivity contribution in [2.75, 3.05) is 14.2 Å². The van der Waals surface area contributed by atoms with Crippen LogP contribution in [0.25, 0.3) is 0 Å². The highest BCUT2D eigenvalue weighted by Gasteiger charge is 2.19. The molecule has 0 amide bonds. The Kier molecular flexibility index (Phi) is 4.77. The van der Waals surface area contributed by atoms with E-state index in [0.29, 0.717) is 12.0 Å². The van der Waals surface area contributed by atoms with Gasteiger partial charge in [0.15, 0.2) is 0 Å². The zero-order chi connectivity index (χ0) is 13.7. The minimum absolute atomic E-state index is 0.170. The first-order valence-electron chi connectivity index (χ1n) is 5.60. The summed E-state index contributed by atoms with van der Waals surface area (Å²) < 4.78 is 9.62. The van der Waals surface area contributed by atoms with Crippen LogP contribution in [0.5, 0.6) is 0 Å². The predicted molar refractivity (Wildman–Crippen MR) is 68.9 cm³/mol. The number of carbonyl (C=O) groups excluding carboxylic acids is 1. The Morgan fingerprint density at radius 2 is 2.06 bits per heavy atom. The SMILES string of the molecule is CO/C=C(/C(=O)OC)C1=CC(O)=C(C)CC=C1C. The summed E-state index contributed by atoms with van der Waals surface area (Å²) in [5.74, 6) is -0.327. The molecule has 0 atom stereocenters. The van der Waals surface area contributed by atoms with Crippen molar-refractivity contribution < 1.29 is 19.4 Å². The van der Waals surface area contributed by atoms with E-state index in [4.69, 9.17) is 9.47 Å². The normalized spacial score (nSPS) is 16.8. The van der Waals surface area contributed by atoms with E-state index in [1.165, 1.54) is 20.5 Å². The third-order valence-corrected chi connectivity index (χ3v) is 2.79. The van der Waals surface area contributed by atoms with Crippen LogP contribution in [0.2, 0.25) is 0 Å². The summed E-state index contributed by atoms with van der Waals surface area (Å²) in [7, 11) is 2.77. The highest BCUT2D eigenvalue weighted by atomic mass is 16.5. The summed E-state index contributed by atoms with van der Waals surface area (Å²) in [5, 5.41) is 9.87. The number of aliphatic hydroxyl groups is 1. The lowest BCUT2D eigenvalue weighted by Gasteiger charge is -2.10. The van der Waals surface area contributed by atoms with Crippen LogP contribution in [0.3, 0.4) is 0 Å². The van der Waals surface area contributed by atoms with Crippen LogP contribution in [-0.4, -0.2) is 25.3 Å². The van der Waals surface area contributed by atoms with E-state index in [2.05, 4.69) is 0 Å². The van der Waals surface area contributed by atoms with Gasteiger partial charge in [0.1, 0.15) is 11.3 Å². The molecular weight excluding hydrogens is 232 g/mol. The fraction of sp³-hybridized carbons (Fsp3) is 0.357. The van der Waals surface area contributed by atoms with Crippen molar-refractivity contribution in [3.8, 4) is 0 Å². The molecule has 98 valence electrons. The van der Waals surface area contributed by atoms with Gasteiger partial charge >= 0.3 is 5.97 Å². The Balaban J connectivity index is 3.30. The smallest absolute Gasteiger partial charge is 0.341 e. The highest BCUT2D eigenvalue weighted by molar-refractivity contribution is 5.94. The van der Waals surface area contributed by atoms with Gasteiger partial charge < -0.3 is 14.6 Å². The van der Waals surface area contributed by atoms with Crippen molar-refractivity contribution in [1.29, 1.82) is 0 Å². The predicted octanol–water partition coefficient (Wildman–Crippen LogP) is 2.80. The summed E-state index contributed by atoms with van der Waals surface area (Å²) in [6, 6.07) is 0. The Bertz CT molecular complexity index is 464. The van der Waals surface area contributed by atoms with Crippen molar-refractivity contribution in [1.82, 2.24) is 0 Å². The summed E-state index contributed by atoms with van der Waals surface area (Å²) in [6.07, 6.45) is 5.49. The zero-order valence-electron chi connectivity index (χ0n) is 11.1. The Morgan fingerprint density at radius 1 is 1.39 bits per heavy atom. The summed E-state index contributed by atoms with van der Waals surface area (Å²) in [5.41, 5.74) is 2.64. The van der Waals surface area contributed by atoms with Crippen molar-refractivity contribution in [3.05, 3.63) is 46.5 Å². The number of hydrogen-bond donors (Lipinski definition) is 1. The van der Waals surface area contributed by atoms with Crippen LogP contribution < -0.4 is 0 Å². The van der Waals surface area contributed by atoms with Gasteiger partial charge in [0, 0.05) is 0 Å². The summed E-state index contributed by atoms with van der Waals surface area (Å²) in [6.45, 7) is 3.72. The second kappa shape index (κ2) is 6.10. The fourth-order valence-corrected chi connectivity index (χ4v) is 1.63. The molecule has 0 bridgehead atoms. The van der Waals surface area contributed by atoms with Crippen LogP contribution in [0.4, 0.5) is 0 Å². The van der Waals surface area contributed by atoms with Gasteiger partial charge in [-0.25, -0.2) is 4.79 Å². The highest BCUT2D eigenvalue weighted by Crippen LogP contribution is 2.27. The lowest BCUT2D eigenvalue weighted by molar-refractivity contribution is -0.135. The molecule has 0 fully saturated rings. The maximum atomic E-state index is 11.7. The molecule has 0 unspecified atom stereocenters. The maximum absolute atomic E-state index is 11.7. The van der Waals surface area contributed by atoms with E-state index in [1.54, 1.807) is 6.08 Å². The van der Waals surface area contributed by atoms with Crippen molar-refractivity contribution in [2.24, 2.45) is 0 Å². The first-order valence-corrected chi connectivity index (χ1v) is 5.60. The van der Waals surface area contributed by atoms with E-state index in [9.17, 15) is 9.90 Å². The van der Waals surface area contributed by atoms with Gasteiger partial charge in [0.05, 0.1) is 20.5 Å². The molecule has 0 aliphatic heterocycles. The van der Waals surface area contributed by atoms with Gasteiger partial charge in [-0.3, -0.25) is 0 Å². The molecule has 0 aromatic heterocycles. The number of carbonyl (C=O) groups is 1. The van der Waals surface area contributed by atoms with Crippen LogP contribution in [0.1, 0.15) is 20.3 Å². The topological polar surface area (TPSA) is 55.8 Å². The number of esters is 1. The van der Waals surface area contributed by atoms with E-state index < -0.39 is 5.97 Å². The minimum atomic E-state index is -0.497. The van der Waals surface area contributed by atoms with Gasteiger partial charge in [-0.2, -0.15) is 0 Å². The minimum Gasteiger partial charge on any atom is -0.508 e. The van der Waals surface area contributed by atoms with Crippen LogP contribution >= 0.6 is 0 Å². The standard InChI is InChI=1S/C14H18O4/c1-9-5-6-10(2)13(15)7-11(9)12(8-17-3)14(16)18-4/h5,7-8,15H,6H2,1-4H3/b12-8+. The number of methoxy groups -OCH3 is 2. The Hall–Kier alpha value is -1.97. The second-order valence-corrected chi connectivity index (χ2v) is 4.07. The van der Waals surface area contributed by atoms with Crippen molar-refractivity contribution in [2.45, 2.75) is 20.3 Å². The Labute approximate surface area is 107 Å². The number of allylic oxidation sites excluding steroid dienone is 4. The molecule has 1 rings (SSSR count). The van der Waals surface area contributed by atoms with Crippen molar-refractivity contribution in [3.63, 3.8) is 0 Å². The first-order chi connectivity index (χ1) is 8.51. The van der Waals surface area contributed by atoms with E-state index >= 15 is 0 Å². The molecule has 0 saturated heterocycles. The molecule has 0 aromatic rings. The molecule has 0 spiro atoms. The van der Waals surface area contributed by atoms with E-state index in [-0.39, 0.29) is 11.3 Å². The van der Waals surface area contributed by atoms with Crippen LogP contribution in [-0.2, 0) is 14.3 Å². The lowest BCUT2D eigenvalue weighted by Crippen LogP contribution is -2.09. The summed E-state index contributed by atoms with van der Waals surface area (Å²) >= 11 is 0. The van der Waals surface area contributed by atoms with Gasteiger partial charge in [0.25, 0.3) is 0 Å². The summed E-state index contributed by atoms with van der Waals surface area (Å²) in [4.78, 5) is 11.7. The third kappa shape index (κ3) is 3.03. The third-order valence-electron chi connectivity index (χ3n) is 2.79. The first kappa shape index (κ1) is 14.1. The second-order valence-electron chi connectivity index (χ2n) is 4.07. The van der Waals surface area contributed by atoms with Gasteiger partial charge in [-0.1, -0.05) is 6.08 Å². The lowest BCUT2D eigenvalue weighted by atomic mass is 9.99. The quantitative estimate of drug-likeness (QED) is 0.475. The molecule has 1 aliphatic rings. The van der Waals surface area contributed by atoms with Gasteiger partial charge in [0.2, 0.25) is 0 Å². The molecule has 4 nitrogen and oxygen atoms in total. The van der Waals surface area contributed by atoms with E-state index in [0.717, 1.165) is 11.1 Å². The van der Waals surface area contributed by atoms with Crippen molar-refractivity contribution >= 4 is 5.97 Å². The van der Waals surface area contributed by atoms with E-state index in [1.807, 2.05) is 19.9 Å². The molecule has 0 saturated carbocycles. The number of hydrogen-bond acceptors (Lipinski definition) is 4. The molecule has 0 radical (unpaired) electrons. The largest absolute Gasteiger partial charge is 0.508 e. The molecule has 1 N–H and O–H groups in total. The molecule has 0 heterocycles. The number of aliphatic hydroxyl groups excluding tert-OH is 1. The average molecular weight is 250 g/mol. The molecule has 1 aliphatic carbocycles. The van der Waals surface area contributed by atoms with Crippen LogP contribution in [0, 0.1) is 0 Å². The van der Waals surface area contributed by atoms with Gasteiger partial charge in [-0.05, 0) is 43.1 Å². The fourth-order valence-electron chi connectivity index (χ4n) is 1.63. The molecular formula is C14H18O4. The van der Waals surface area contributed by atoms with Crippen LogP contribution in [0.15, 0.2) is 46.5 Å². The average Bonchev–Trinajstić information content (AvgIpc) is 2.49. The zero-order valence-corrected chi connectivity index (χ0v) is 11.1. The molecule has 4 heteroatoms. The number of rotatable bonds is 3. The monoisotopic (exact) mass is 250 g/mol.